The van der Waals surface area contributed by atoms with Crippen LogP contribution in [0.25, 0.3) is 0 Å². The van der Waals surface area contributed by atoms with Crippen LogP contribution in [-0.2, 0) is 16.5 Å². The van der Waals surface area contributed by atoms with Gasteiger partial charge >= 0.3 is 35.3 Å². The largest absolute Gasteiger partial charge is 0.0622 e. The first-order valence-corrected chi connectivity index (χ1v) is 36.8. The Morgan fingerprint density at radius 1 is 0.139 bits per heavy atom. The third kappa shape index (κ3) is 18.3. The van der Waals surface area contributed by atoms with Gasteiger partial charge in [-0.3, -0.25) is 0 Å². The normalized spacial score (nSPS) is 10.5. The van der Waals surface area contributed by atoms with Gasteiger partial charge < -0.3 is 0 Å². The smallest absolute Gasteiger partial charge is 0.0134 e. The third-order valence-corrected chi connectivity index (χ3v) is 21.9. The second kappa shape index (κ2) is 33.9. The van der Waals surface area contributed by atoms with E-state index in [4.69, 9.17) is 18.8 Å². The van der Waals surface area contributed by atoms with Crippen LogP contribution in [0.4, 0.5) is 0 Å². The fraction of sp³-hybridized carbons (Fsp3) is 0. The Morgan fingerprint density at radius 2 is 0.203 bits per heavy atom. The Balaban J connectivity index is 0.000000136. The van der Waals surface area contributed by atoms with Crippen LogP contribution >= 0.6 is 50.5 Å². The van der Waals surface area contributed by atoms with E-state index in [2.05, 4.69) is 364 Å². The SMILES string of the molecule is [Cl][Pt][Cl].c1ccc(P(c2ccccc2)c2ccccc2)cc1.c1ccc(P(c2ccccc2)c2ccccc2)cc1.c1ccc(P(c2ccccc2)c2ccccc2)cc1.c1ccc(P(c2ccccc2)c2ccccc2)cc1. The van der Waals surface area contributed by atoms with Crippen LogP contribution in [0, 0.1) is 0 Å². The van der Waals surface area contributed by atoms with Crippen LogP contribution in [0.2, 0.25) is 0 Å². The molecule has 0 saturated carbocycles. The zero-order valence-corrected chi connectivity index (χ0v) is 50.9. The van der Waals surface area contributed by atoms with Crippen LogP contribution in [0.3, 0.4) is 0 Å². The summed E-state index contributed by atoms with van der Waals surface area (Å²) in [6.07, 6.45) is 0. The maximum absolute atomic E-state index is 4.88. The van der Waals surface area contributed by atoms with E-state index in [0.29, 0.717) is 0 Å². The minimum Gasteiger partial charge on any atom is -0.0622 e. The van der Waals surface area contributed by atoms with E-state index in [9.17, 15) is 0 Å². The van der Waals surface area contributed by atoms with Gasteiger partial charge in [0.05, 0.1) is 0 Å². The maximum Gasteiger partial charge on any atom is -0.0134 e. The zero-order valence-electron chi connectivity index (χ0n) is 43.5. The molecule has 0 amide bonds. The second-order valence-electron chi connectivity index (χ2n) is 17.4. The van der Waals surface area contributed by atoms with Gasteiger partial charge in [0.2, 0.25) is 0 Å². The van der Waals surface area contributed by atoms with Gasteiger partial charge in [-0.2, -0.15) is 0 Å². The Kier molecular flexibility index (Phi) is 25.2. The van der Waals surface area contributed by atoms with Crippen molar-refractivity contribution in [2.24, 2.45) is 0 Å². The summed E-state index contributed by atoms with van der Waals surface area (Å²) < 4.78 is 0. The van der Waals surface area contributed by atoms with E-state index >= 15 is 0 Å². The molecule has 0 fully saturated rings. The van der Waals surface area contributed by atoms with Gasteiger partial charge in [-0.25, -0.2) is 0 Å². The predicted octanol–water partition coefficient (Wildman–Crippen LogP) is 15.2. The predicted molar refractivity (Wildman–Crippen MR) is 352 cm³/mol. The summed E-state index contributed by atoms with van der Waals surface area (Å²) in [5.41, 5.74) is 0. The molecule has 7 heteroatoms. The molecule has 0 aliphatic rings. The van der Waals surface area contributed by atoms with Gasteiger partial charge in [0.15, 0.2) is 0 Å². The minimum absolute atomic E-state index is 0.446. The third-order valence-electron chi connectivity index (χ3n) is 12.2. The average molecular weight is 1320 g/mol. The van der Waals surface area contributed by atoms with Gasteiger partial charge in [0, 0.05) is 0 Å². The van der Waals surface area contributed by atoms with E-state index in [1.165, 1.54) is 63.7 Å². The number of hydrogen-bond acceptors (Lipinski definition) is 0. The fourth-order valence-electron chi connectivity index (χ4n) is 8.71. The molecule has 0 nitrogen and oxygen atoms in total. The Morgan fingerprint density at radius 3 is 0.266 bits per heavy atom. The molecule has 0 unspecified atom stereocenters. The molecule has 0 aliphatic heterocycles. The van der Waals surface area contributed by atoms with E-state index in [0.717, 1.165) is 0 Å². The Hall–Kier alpha value is -6.37. The van der Waals surface area contributed by atoms with Crippen LogP contribution in [-0.4, -0.2) is 0 Å². The van der Waals surface area contributed by atoms with E-state index in [-0.39, 0.29) is 0 Å². The maximum atomic E-state index is 4.88. The quantitative estimate of drug-likeness (QED) is 0.107. The Labute approximate surface area is 490 Å². The van der Waals surface area contributed by atoms with Crippen molar-refractivity contribution in [3.63, 3.8) is 0 Å². The molecule has 0 atom stereocenters. The summed E-state index contributed by atoms with van der Waals surface area (Å²) in [4.78, 5) is 0. The molecule has 0 N–H and O–H groups in total. The second-order valence-corrected chi connectivity index (χ2v) is 29.6. The van der Waals surface area contributed by atoms with Crippen molar-refractivity contribution >= 4 is 114 Å². The van der Waals surface area contributed by atoms with Crippen molar-refractivity contribution in [1.29, 1.82) is 0 Å². The summed E-state index contributed by atoms with van der Waals surface area (Å²) in [6, 6.07) is 129. The van der Waals surface area contributed by atoms with Gasteiger partial charge in [0.1, 0.15) is 0 Å². The van der Waals surface area contributed by atoms with E-state index < -0.39 is 48.2 Å². The van der Waals surface area contributed by atoms with Crippen molar-refractivity contribution in [2.75, 3.05) is 0 Å². The van der Waals surface area contributed by atoms with Crippen molar-refractivity contribution in [1.82, 2.24) is 0 Å². The van der Waals surface area contributed by atoms with E-state index in [1.807, 2.05) is 0 Å². The topological polar surface area (TPSA) is 0 Å². The molecule has 0 spiro atoms. The fourth-order valence-corrected chi connectivity index (χ4v) is 17.9. The Bertz CT molecular complexity index is 2610. The van der Waals surface area contributed by atoms with Gasteiger partial charge in [-0.1, -0.05) is 364 Å². The zero-order chi connectivity index (χ0) is 54.4. The van der Waals surface area contributed by atoms with Gasteiger partial charge in [0.25, 0.3) is 0 Å². The van der Waals surface area contributed by atoms with Crippen molar-refractivity contribution in [3.05, 3.63) is 364 Å². The number of halogens is 2. The number of benzene rings is 12. The molecule has 12 aromatic carbocycles. The molecule has 0 saturated heterocycles. The molecule has 0 radical (unpaired) electrons. The van der Waals surface area contributed by atoms with E-state index in [1.54, 1.807) is 0 Å². The molecular formula is C72H60Cl2P4Pt. The van der Waals surface area contributed by atoms with Crippen molar-refractivity contribution < 1.29 is 16.5 Å². The number of hydrogen-bond donors (Lipinski definition) is 0. The van der Waals surface area contributed by atoms with Crippen LogP contribution < -0.4 is 63.7 Å². The summed E-state index contributed by atoms with van der Waals surface area (Å²) in [7, 11) is 7.97. The standard InChI is InChI=1S/4C18H15P.2ClH.Pt/c4*1-4-10-16(11-5-1)19(17-12-6-2-7-13-17)18-14-8-3-9-15-18;;;/h4*1-15H;2*1H;/q;;;;;;+2/p-2. The summed E-state index contributed by atoms with van der Waals surface area (Å²) in [6.45, 7) is 0. The molecule has 12 aromatic rings. The summed E-state index contributed by atoms with van der Waals surface area (Å²) in [5, 5.41) is 16.8. The van der Waals surface area contributed by atoms with Crippen LogP contribution in [0.5, 0.6) is 0 Å². The molecule has 392 valence electrons. The molecule has 0 bridgehead atoms. The van der Waals surface area contributed by atoms with Gasteiger partial charge in [-0.05, 0) is 95.3 Å². The van der Waals surface area contributed by atoms with Gasteiger partial charge in [-0.15, -0.1) is 0 Å². The minimum atomic E-state index is -0.472. The summed E-state index contributed by atoms with van der Waals surface area (Å²) >= 11 is -0.472. The summed E-state index contributed by atoms with van der Waals surface area (Å²) in [5.74, 6) is 0. The monoisotopic (exact) mass is 1310 g/mol. The average Bonchev–Trinajstić information content (AvgIpc) is 3.55. The molecule has 0 aromatic heterocycles. The van der Waals surface area contributed by atoms with Crippen molar-refractivity contribution in [3.8, 4) is 0 Å². The van der Waals surface area contributed by atoms with Crippen molar-refractivity contribution in [2.45, 2.75) is 0 Å². The molecule has 12 rings (SSSR count). The van der Waals surface area contributed by atoms with Crippen LogP contribution in [0.1, 0.15) is 0 Å². The van der Waals surface area contributed by atoms with Crippen LogP contribution in [0.15, 0.2) is 364 Å². The first-order valence-electron chi connectivity index (χ1n) is 25.9. The first-order chi connectivity index (χ1) is 39.2. The molecule has 79 heavy (non-hydrogen) atoms. The molecule has 0 aliphatic carbocycles. The number of rotatable bonds is 12. The molecule has 0 heterocycles. The first kappa shape index (κ1) is 58.8. The molecular weight excluding hydrogens is 1250 g/mol.